The number of rotatable bonds is 4. The Morgan fingerprint density at radius 2 is 2.05 bits per heavy atom. The number of thiazole rings is 1. The number of hydrogen-bond donors (Lipinski definition) is 3. The van der Waals surface area contributed by atoms with Crippen LogP contribution in [0.5, 0.6) is 0 Å². The molecule has 7 heteroatoms. The number of aryl methyl sites for hydroxylation is 2. The normalized spacial score (nSPS) is 16.9. The van der Waals surface area contributed by atoms with Crippen LogP contribution in [0.25, 0.3) is 0 Å². The Morgan fingerprint density at radius 1 is 1.40 bits per heavy atom. The van der Waals surface area contributed by atoms with Crippen molar-refractivity contribution in [2.24, 2.45) is 0 Å². The number of urea groups is 1. The molecule has 0 saturated heterocycles. The summed E-state index contributed by atoms with van der Waals surface area (Å²) in [6.45, 7) is 3.96. The molecule has 1 fully saturated rings. The molecule has 0 radical (unpaired) electrons. The van der Waals surface area contributed by atoms with Gasteiger partial charge in [0.15, 0.2) is 5.13 Å². The van der Waals surface area contributed by atoms with Crippen LogP contribution < -0.4 is 10.6 Å². The molecule has 1 aliphatic carbocycles. The van der Waals surface area contributed by atoms with Gasteiger partial charge < -0.3 is 10.4 Å². The summed E-state index contributed by atoms with van der Waals surface area (Å²) in [5.41, 5.74) is -0.164. The molecule has 1 saturated carbocycles. The zero-order valence-electron chi connectivity index (χ0n) is 11.7. The first-order chi connectivity index (χ1) is 9.47. The number of carbonyl (C=O) groups excluding carboxylic acids is 1. The molecule has 6 nitrogen and oxygen atoms in total. The smallest absolute Gasteiger partial charge is 0.329 e. The average Bonchev–Trinajstić information content (AvgIpc) is 2.97. The van der Waals surface area contributed by atoms with Crippen molar-refractivity contribution in [3.8, 4) is 0 Å². The minimum Gasteiger partial charge on any atom is -0.480 e. The molecule has 1 heterocycles. The molecule has 0 unspecified atom stereocenters. The van der Waals surface area contributed by atoms with Gasteiger partial charge in [-0.05, 0) is 26.2 Å². The van der Waals surface area contributed by atoms with Crippen molar-refractivity contribution in [2.75, 3.05) is 5.32 Å². The minimum absolute atomic E-state index is 0.479. The molecule has 0 atom stereocenters. The fraction of sp³-hybridized carbons (Fsp3) is 0.615. The summed E-state index contributed by atoms with van der Waals surface area (Å²) in [6, 6.07) is -0.495. The van der Waals surface area contributed by atoms with E-state index in [9.17, 15) is 14.7 Å². The molecular weight excluding hydrogens is 278 g/mol. The van der Waals surface area contributed by atoms with Gasteiger partial charge in [-0.25, -0.2) is 14.6 Å². The van der Waals surface area contributed by atoms with Gasteiger partial charge in [-0.3, -0.25) is 5.32 Å². The van der Waals surface area contributed by atoms with Crippen molar-refractivity contribution < 1.29 is 14.7 Å². The Kier molecular flexibility index (Phi) is 4.27. The van der Waals surface area contributed by atoms with Crippen molar-refractivity contribution in [1.82, 2.24) is 10.3 Å². The number of carbonyl (C=O) groups is 2. The van der Waals surface area contributed by atoms with Gasteiger partial charge in [0.25, 0.3) is 0 Å². The summed E-state index contributed by atoms with van der Waals surface area (Å²) in [6.07, 6.45) is 3.41. The number of carboxylic acid groups (broad SMARTS) is 1. The molecule has 1 aliphatic rings. The van der Waals surface area contributed by atoms with E-state index in [1.807, 2.05) is 13.8 Å². The van der Waals surface area contributed by atoms with Crippen molar-refractivity contribution in [3.63, 3.8) is 0 Å². The van der Waals surface area contributed by atoms with Gasteiger partial charge in [0.05, 0.1) is 5.69 Å². The third kappa shape index (κ3) is 2.92. The zero-order valence-corrected chi connectivity index (χ0v) is 12.5. The summed E-state index contributed by atoms with van der Waals surface area (Å²) >= 11 is 1.40. The van der Waals surface area contributed by atoms with Crippen LogP contribution in [0.15, 0.2) is 0 Å². The predicted octanol–water partition coefficient (Wildman–Crippen LogP) is 2.53. The number of hydrogen-bond acceptors (Lipinski definition) is 4. The highest BCUT2D eigenvalue weighted by Crippen LogP contribution is 2.30. The van der Waals surface area contributed by atoms with Crippen LogP contribution >= 0.6 is 11.3 Å². The molecule has 20 heavy (non-hydrogen) atoms. The van der Waals surface area contributed by atoms with E-state index in [-0.39, 0.29) is 0 Å². The van der Waals surface area contributed by atoms with Crippen LogP contribution in [0.2, 0.25) is 0 Å². The molecule has 1 aromatic rings. The number of nitrogens with one attached hydrogen (secondary N) is 2. The van der Waals surface area contributed by atoms with Gasteiger partial charge in [0.1, 0.15) is 5.54 Å². The average molecular weight is 297 g/mol. The molecule has 2 rings (SSSR count). The highest BCUT2D eigenvalue weighted by Gasteiger charge is 2.42. The second kappa shape index (κ2) is 5.78. The SMILES string of the molecule is CCc1nc(NC(=O)NC2(C(=O)O)CCCC2)sc1C. The van der Waals surface area contributed by atoms with E-state index in [2.05, 4.69) is 15.6 Å². The predicted molar refractivity (Wildman–Crippen MR) is 77.2 cm³/mol. The second-order valence-electron chi connectivity index (χ2n) is 5.05. The fourth-order valence-electron chi connectivity index (χ4n) is 2.53. The molecule has 110 valence electrons. The largest absolute Gasteiger partial charge is 0.480 e. The van der Waals surface area contributed by atoms with Crippen molar-refractivity contribution >= 4 is 28.5 Å². The third-order valence-electron chi connectivity index (χ3n) is 3.67. The van der Waals surface area contributed by atoms with Crippen LogP contribution in [0.4, 0.5) is 9.93 Å². The Bertz CT molecular complexity index is 521. The van der Waals surface area contributed by atoms with E-state index in [1.165, 1.54) is 11.3 Å². The van der Waals surface area contributed by atoms with E-state index in [0.717, 1.165) is 29.8 Å². The Labute approximate surface area is 121 Å². The van der Waals surface area contributed by atoms with Crippen LogP contribution in [-0.2, 0) is 11.2 Å². The Balaban J connectivity index is 2.02. The van der Waals surface area contributed by atoms with Gasteiger partial charge in [-0.1, -0.05) is 19.8 Å². The van der Waals surface area contributed by atoms with E-state index < -0.39 is 17.5 Å². The topological polar surface area (TPSA) is 91.3 Å². The highest BCUT2D eigenvalue weighted by molar-refractivity contribution is 7.15. The lowest BCUT2D eigenvalue weighted by atomic mass is 9.98. The Morgan fingerprint density at radius 3 is 2.55 bits per heavy atom. The lowest BCUT2D eigenvalue weighted by molar-refractivity contribution is -0.144. The van der Waals surface area contributed by atoms with E-state index in [1.54, 1.807) is 0 Å². The first-order valence-corrected chi connectivity index (χ1v) is 7.57. The number of aliphatic carboxylic acids is 1. The quantitative estimate of drug-likeness (QED) is 0.796. The number of aromatic nitrogens is 1. The van der Waals surface area contributed by atoms with Crippen LogP contribution in [0.3, 0.4) is 0 Å². The van der Waals surface area contributed by atoms with Crippen molar-refractivity contribution in [1.29, 1.82) is 0 Å². The summed E-state index contributed by atoms with van der Waals surface area (Å²) in [5, 5.41) is 15.1. The molecule has 2 amide bonds. The lowest BCUT2D eigenvalue weighted by Crippen LogP contribution is -2.53. The van der Waals surface area contributed by atoms with Crippen LogP contribution in [0.1, 0.15) is 43.2 Å². The Hall–Kier alpha value is -1.63. The zero-order chi connectivity index (χ0) is 14.8. The number of amides is 2. The van der Waals surface area contributed by atoms with Crippen LogP contribution in [0, 0.1) is 6.92 Å². The van der Waals surface area contributed by atoms with E-state index in [4.69, 9.17) is 0 Å². The number of anilines is 1. The van der Waals surface area contributed by atoms with Crippen molar-refractivity contribution in [2.45, 2.75) is 51.5 Å². The van der Waals surface area contributed by atoms with Crippen molar-refractivity contribution in [3.05, 3.63) is 10.6 Å². The third-order valence-corrected chi connectivity index (χ3v) is 4.60. The first kappa shape index (κ1) is 14.8. The molecule has 0 bridgehead atoms. The minimum atomic E-state index is -1.12. The van der Waals surface area contributed by atoms with Gasteiger partial charge in [-0.15, -0.1) is 11.3 Å². The van der Waals surface area contributed by atoms with E-state index in [0.29, 0.717) is 18.0 Å². The summed E-state index contributed by atoms with van der Waals surface area (Å²) < 4.78 is 0. The van der Waals surface area contributed by atoms with Gasteiger partial charge in [-0.2, -0.15) is 0 Å². The van der Waals surface area contributed by atoms with E-state index >= 15 is 0 Å². The molecule has 1 aromatic heterocycles. The molecular formula is C13H19N3O3S. The number of carboxylic acids is 1. The maximum atomic E-state index is 12.0. The molecule has 0 aliphatic heterocycles. The maximum absolute atomic E-state index is 12.0. The van der Waals surface area contributed by atoms with Gasteiger partial charge in [0.2, 0.25) is 0 Å². The summed E-state index contributed by atoms with van der Waals surface area (Å²) in [5.74, 6) is -0.963. The van der Waals surface area contributed by atoms with Gasteiger partial charge >= 0.3 is 12.0 Å². The molecule has 0 spiro atoms. The first-order valence-electron chi connectivity index (χ1n) is 6.76. The monoisotopic (exact) mass is 297 g/mol. The highest BCUT2D eigenvalue weighted by atomic mass is 32.1. The second-order valence-corrected chi connectivity index (χ2v) is 6.25. The fourth-order valence-corrected chi connectivity index (χ4v) is 3.42. The molecule has 0 aromatic carbocycles. The van der Waals surface area contributed by atoms with Gasteiger partial charge in [0, 0.05) is 4.88 Å². The summed E-state index contributed by atoms with van der Waals surface area (Å²) in [7, 11) is 0. The number of nitrogens with zero attached hydrogens (tertiary/aromatic N) is 1. The lowest BCUT2D eigenvalue weighted by Gasteiger charge is -2.24. The maximum Gasteiger partial charge on any atom is 0.329 e. The standard InChI is InChI=1S/C13H19N3O3S/c1-3-9-8(2)20-12(14-9)15-11(19)16-13(10(17)18)6-4-5-7-13/h3-7H2,1-2H3,(H,17,18)(H2,14,15,16,19). The van der Waals surface area contributed by atoms with Crippen LogP contribution in [-0.4, -0.2) is 27.6 Å². The molecule has 3 N–H and O–H groups in total. The summed E-state index contributed by atoms with van der Waals surface area (Å²) in [4.78, 5) is 28.7.